The van der Waals surface area contributed by atoms with Crippen LogP contribution in [0.15, 0.2) is 12.1 Å². The third-order valence-corrected chi connectivity index (χ3v) is 4.02. The molecule has 1 aromatic carbocycles. The zero-order valence-electron chi connectivity index (χ0n) is 12.2. The Labute approximate surface area is 121 Å². The molecule has 21 heavy (non-hydrogen) atoms. The third-order valence-electron chi connectivity index (χ3n) is 4.02. The lowest BCUT2D eigenvalue weighted by atomic mass is 9.95. The molecule has 0 aliphatic carbocycles. The number of benzene rings is 1. The van der Waals surface area contributed by atoms with Gasteiger partial charge in [0, 0.05) is 24.8 Å². The van der Waals surface area contributed by atoms with Crippen molar-refractivity contribution in [3.05, 3.63) is 29.1 Å². The van der Waals surface area contributed by atoms with E-state index in [-0.39, 0.29) is 18.8 Å². The molecule has 0 aromatic heterocycles. The van der Waals surface area contributed by atoms with Gasteiger partial charge in [0.05, 0.1) is 5.92 Å². The first-order valence-electron chi connectivity index (χ1n) is 7.07. The van der Waals surface area contributed by atoms with Crippen molar-refractivity contribution in [3.63, 3.8) is 0 Å². The molecule has 0 saturated carbocycles. The Kier molecular flexibility index (Phi) is 4.46. The Morgan fingerprint density at radius 1 is 1.33 bits per heavy atom. The summed E-state index contributed by atoms with van der Waals surface area (Å²) in [7, 11) is 0. The quantitative estimate of drug-likeness (QED) is 0.839. The van der Waals surface area contributed by atoms with Gasteiger partial charge in [-0.2, -0.15) is 13.2 Å². The highest BCUT2D eigenvalue weighted by Gasteiger charge is 2.42. The van der Waals surface area contributed by atoms with E-state index in [4.69, 9.17) is 5.73 Å². The van der Waals surface area contributed by atoms with Crippen LogP contribution in [0.5, 0.6) is 0 Å². The van der Waals surface area contributed by atoms with Crippen LogP contribution in [0, 0.1) is 18.7 Å². The molecule has 1 aliphatic rings. The fraction of sp³-hybridized carbons (Fsp3) is 0.600. The number of hydrogen-bond donors (Lipinski definition) is 1. The molecule has 0 spiro atoms. The van der Waals surface area contributed by atoms with E-state index in [9.17, 15) is 17.6 Å². The lowest BCUT2D eigenvalue weighted by Crippen LogP contribution is -2.42. The van der Waals surface area contributed by atoms with Gasteiger partial charge >= 0.3 is 6.18 Å². The van der Waals surface area contributed by atoms with Crippen molar-refractivity contribution >= 4 is 5.69 Å². The number of nitrogens with zero attached hydrogens (tertiary/aromatic N) is 1. The second-order valence-corrected chi connectivity index (χ2v) is 5.78. The molecule has 0 radical (unpaired) electrons. The number of hydrogen-bond acceptors (Lipinski definition) is 2. The number of aryl methyl sites for hydroxylation is 1. The van der Waals surface area contributed by atoms with E-state index in [1.165, 1.54) is 6.07 Å². The van der Waals surface area contributed by atoms with Crippen LogP contribution in [-0.4, -0.2) is 19.3 Å². The third kappa shape index (κ3) is 3.48. The average Bonchev–Trinajstić information content (AvgIpc) is 2.40. The van der Waals surface area contributed by atoms with Crippen LogP contribution in [-0.2, 0) is 0 Å². The molecule has 2 rings (SSSR count). The van der Waals surface area contributed by atoms with E-state index >= 15 is 0 Å². The summed E-state index contributed by atoms with van der Waals surface area (Å²) in [5.41, 5.74) is 7.44. The monoisotopic (exact) mass is 304 g/mol. The Morgan fingerprint density at radius 3 is 2.57 bits per heavy atom. The summed E-state index contributed by atoms with van der Waals surface area (Å²) in [5.74, 6) is -1.71. The first-order valence-corrected chi connectivity index (χ1v) is 7.07. The van der Waals surface area contributed by atoms with E-state index in [0.717, 1.165) is 0 Å². The summed E-state index contributed by atoms with van der Waals surface area (Å²) in [5, 5.41) is 0. The number of alkyl halides is 3. The summed E-state index contributed by atoms with van der Waals surface area (Å²) in [6, 6.07) is 2.51. The minimum atomic E-state index is -4.19. The molecule has 118 valence electrons. The van der Waals surface area contributed by atoms with Gasteiger partial charge in [0.2, 0.25) is 0 Å². The van der Waals surface area contributed by atoms with Crippen LogP contribution in [0.2, 0.25) is 0 Å². The molecule has 0 amide bonds. The first kappa shape index (κ1) is 16.1. The summed E-state index contributed by atoms with van der Waals surface area (Å²) >= 11 is 0. The van der Waals surface area contributed by atoms with Crippen LogP contribution in [0.3, 0.4) is 0 Å². The maximum Gasteiger partial charge on any atom is 0.393 e. The van der Waals surface area contributed by atoms with Crippen LogP contribution in [0.25, 0.3) is 0 Å². The average molecular weight is 304 g/mol. The lowest BCUT2D eigenvalue weighted by molar-refractivity contribution is -0.176. The van der Waals surface area contributed by atoms with Gasteiger partial charge in [-0.1, -0.05) is 0 Å². The predicted molar refractivity (Wildman–Crippen MR) is 74.7 cm³/mol. The Morgan fingerprint density at radius 2 is 2.00 bits per heavy atom. The van der Waals surface area contributed by atoms with Gasteiger partial charge in [-0.3, -0.25) is 0 Å². The van der Waals surface area contributed by atoms with Crippen LogP contribution >= 0.6 is 0 Å². The Hall–Kier alpha value is -1.30. The highest BCUT2D eigenvalue weighted by Crippen LogP contribution is 2.37. The number of rotatable bonds is 2. The van der Waals surface area contributed by atoms with Crippen molar-refractivity contribution in [2.45, 2.75) is 38.9 Å². The number of halogens is 4. The lowest BCUT2D eigenvalue weighted by Gasteiger charge is -2.37. The highest BCUT2D eigenvalue weighted by atomic mass is 19.4. The zero-order chi connectivity index (χ0) is 15.8. The smallest absolute Gasteiger partial charge is 0.371 e. The fourth-order valence-corrected chi connectivity index (χ4v) is 2.78. The van der Waals surface area contributed by atoms with E-state index < -0.39 is 18.1 Å². The molecule has 2 N–H and O–H groups in total. The molecule has 6 heteroatoms. The molecule has 1 fully saturated rings. The zero-order valence-corrected chi connectivity index (χ0v) is 12.2. The van der Waals surface area contributed by atoms with Crippen LogP contribution < -0.4 is 10.6 Å². The summed E-state index contributed by atoms with van der Waals surface area (Å²) in [4.78, 5) is 1.69. The van der Waals surface area contributed by atoms with Crippen molar-refractivity contribution in [2.75, 3.05) is 18.0 Å². The van der Waals surface area contributed by atoms with E-state index in [0.29, 0.717) is 29.8 Å². The predicted octanol–water partition coefficient (Wildman–Crippen LogP) is 3.93. The van der Waals surface area contributed by atoms with Gasteiger partial charge in [0.25, 0.3) is 0 Å². The maximum absolute atomic E-state index is 13.7. The highest BCUT2D eigenvalue weighted by molar-refractivity contribution is 5.57. The normalized spacial score (nSPS) is 21.5. The molecular weight excluding hydrogens is 284 g/mol. The summed E-state index contributed by atoms with van der Waals surface area (Å²) in [6.07, 6.45) is -3.57. The molecule has 1 saturated heterocycles. The fourth-order valence-electron chi connectivity index (χ4n) is 2.78. The van der Waals surface area contributed by atoms with Gasteiger partial charge in [-0.05, 0) is 49.9 Å². The standard InChI is InChI=1S/C15H20F4N2/c1-9-6-14(12(10(2)20)7-13(9)16)21-5-3-4-11(8-21)15(17,18)19/h6-7,10-11H,3-5,8,20H2,1-2H3/t10-,11?/m0/s1. The van der Waals surface area contributed by atoms with Gasteiger partial charge in [0.15, 0.2) is 0 Å². The van der Waals surface area contributed by atoms with E-state index in [1.54, 1.807) is 24.8 Å². The van der Waals surface area contributed by atoms with Gasteiger partial charge in [-0.15, -0.1) is 0 Å². The number of nitrogens with two attached hydrogens (primary N) is 1. The van der Waals surface area contributed by atoms with E-state index in [1.807, 2.05) is 0 Å². The SMILES string of the molecule is Cc1cc(N2CCCC(C(F)(F)F)C2)c([C@H](C)N)cc1F. The van der Waals surface area contributed by atoms with Gasteiger partial charge in [-0.25, -0.2) is 4.39 Å². The molecular formula is C15H20F4N2. The van der Waals surface area contributed by atoms with Crippen molar-refractivity contribution in [1.29, 1.82) is 0 Å². The minimum absolute atomic E-state index is 0.0890. The van der Waals surface area contributed by atoms with Crippen molar-refractivity contribution in [1.82, 2.24) is 0 Å². The van der Waals surface area contributed by atoms with Crippen molar-refractivity contribution in [3.8, 4) is 0 Å². The second kappa shape index (κ2) is 5.83. The van der Waals surface area contributed by atoms with Gasteiger partial charge in [0.1, 0.15) is 5.82 Å². The van der Waals surface area contributed by atoms with Crippen molar-refractivity contribution < 1.29 is 17.6 Å². The topological polar surface area (TPSA) is 29.3 Å². The molecule has 0 bridgehead atoms. The van der Waals surface area contributed by atoms with Gasteiger partial charge < -0.3 is 10.6 Å². The maximum atomic E-state index is 13.7. The van der Waals surface area contributed by atoms with E-state index in [2.05, 4.69) is 0 Å². The molecule has 2 atom stereocenters. The van der Waals surface area contributed by atoms with Crippen LogP contribution in [0.4, 0.5) is 23.2 Å². The number of anilines is 1. The molecule has 1 aliphatic heterocycles. The van der Waals surface area contributed by atoms with Crippen LogP contribution in [0.1, 0.15) is 36.9 Å². The summed E-state index contributed by atoms with van der Waals surface area (Å²) < 4.78 is 52.5. The number of piperidine rings is 1. The largest absolute Gasteiger partial charge is 0.393 e. The van der Waals surface area contributed by atoms with Crippen molar-refractivity contribution in [2.24, 2.45) is 11.7 Å². The Balaban J connectivity index is 2.34. The second-order valence-electron chi connectivity index (χ2n) is 5.78. The molecule has 1 unspecified atom stereocenters. The molecule has 1 heterocycles. The minimum Gasteiger partial charge on any atom is -0.371 e. The Bertz CT molecular complexity index is 511. The summed E-state index contributed by atoms with van der Waals surface area (Å²) in [6.45, 7) is 3.76. The molecule has 2 nitrogen and oxygen atoms in total. The first-order chi connectivity index (χ1) is 9.70. The molecule has 1 aromatic rings.